The van der Waals surface area contributed by atoms with E-state index in [-0.39, 0.29) is 11.7 Å². The van der Waals surface area contributed by atoms with Gasteiger partial charge in [0.25, 0.3) is 0 Å². The molecule has 0 saturated heterocycles. The summed E-state index contributed by atoms with van der Waals surface area (Å²) in [7, 11) is 1.51. The van der Waals surface area contributed by atoms with E-state index in [1.165, 1.54) is 12.7 Å². The van der Waals surface area contributed by atoms with Gasteiger partial charge in [0.15, 0.2) is 11.5 Å². The van der Waals surface area contributed by atoms with Crippen LogP contribution in [0.1, 0.15) is 18.1 Å². The second kappa shape index (κ2) is 6.24. The molecule has 1 unspecified atom stereocenters. The number of hydrogen-bond donors (Lipinski definition) is 2. The van der Waals surface area contributed by atoms with Crippen LogP contribution in [-0.2, 0) is 6.42 Å². The molecule has 0 fully saturated rings. The zero-order chi connectivity index (χ0) is 14.5. The molecule has 2 aromatic rings. The third kappa shape index (κ3) is 2.99. The van der Waals surface area contributed by atoms with E-state index < -0.39 is 0 Å². The molecular formula is C17H19NO2. The zero-order valence-electron chi connectivity index (χ0n) is 11.8. The number of para-hydroxylation sites is 1. The molecule has 0 heterocycles. The van der Waals surface area contributed by atoms with Gasteiger partial charge in [-0.25, -0.2) is 0 Å². The third-order valence-electron chi connectivity index (χ3n) is 3.39. The highest BCUT2D eigenvalue weighted by Crippen LogP contribution is 2.31. The largest absolute Gasteiger partial charge is 0.504 e. The molecule has 0 radical (unpaired) electrons. The van der Waals surface area contributed by atoms with Crippen molar-refractivity contribution < 1.29 is 9.84 Å². The maximum atomic E-state index is 10.1. The van der Waals surface area contributed by atoms with Gasteiger partial charge in [0.1, 0.15) is 0 Å². The Morgan fingerprint density at radius 2 is 1.85 bits per heavy atom. The van der Waals surface area contributed by atoms with E-state index in [1.54, 1.807) is 18.2 Å². The van der Waals surface area contributed by atoms with E-state index in [0.717, 1.165) is 6.42 Å². The maximum Gasteiger partial charge on any atom is 0.166 e. The summed E-state index contributed by atoms with van der Waals surface area (Å²) in [5.41, 5.74) is 2.14. The minimum absolute atomic E-state index is 0.0235. The lowest BCUT2D eigenvalue weighted by atomic mass is 9.91. The maximum absolute atomic E-state index is 10.1. The van der Waals surface area contributed by atoms with Crippen molar-refractivity contribution in [2.24, 2.45) is 5.92 Å². The van der Waals surface area contributed by atoms with Crippen molar-refractivity contribution in [1.82, 2.24) is 0 Å². The predicted molar refractivity (Wildman–Crippen MR) is 80.8 cm³/mol. The third-order valence-corrected chi connectivity index (χ3v) is 3.39. The van der Waals surface area contributed by atoms with Crippen LogP contribution in [0.25, 0.3) is 0 Å². The number of aromatic hydroxyl groups is 1. The minimum Gasteiger partial charge on any atom is -0.504 e. The fourth-order valence-electron chi connectivity index (χ4n) is 2.24. The first-order valence-electron chi connectivity index (χ1n) is 6.62. The van der Waals surface area contributed by atoms with Crippen molar-refractivity contribution in [3.05, 3.63) is 59.7 Å². The fraction of sp³-hybridized carbons (Fsp3) is 0.235. The molecule has 0 aromatic heterocycles. The number of methoxy groups -OCH3 is 1. The summed E-state index contributed by atoms with van der Waals surface area (Å²) < 4.78 is 5.09. The summed E-state index contributed by atoms with van der Waals surface area (Å²) in [5.74, 6) is 0.467. The Hall–Kier alpha value is -2.29. The van der Waals surface area contributed by atoms with Crippen molar-refractivity contribution in [2.45, 2.75) is 13.3 Å². The first kappa shape index (κ1) is 14.1. The van der Waals surface area contributed by atoms with E-state index in [2.05, 4.69) is 12.1 Å². The van der Waals surface area contributed by atoms with Gasteiger partial charge in [-0.05, 0) is 24.1 Å². The average Bonchev–Trinajstić information content (AvgIpc) is 2.48. The fourth-order valence-corrected chi connectivity index (χ4v) is 2.24. The van der Waals surface area contributed by atoms with E-state index in [1.807, 2.05) is 25.1 Å². The molecule has 0 saturated carbocycles. The monoisotopic (exact) mass is 269 g/mol. The Morgan fingerprint density at radius 3 is 2.50 bits per heavy atom. The molecule has 0 amide bonds. The highest BCUT2D eigenvalue weighted by molar-refractivity contribution is 6.02. The van der Waals surface area contributed by atoms with Gasteiger partial charge in [0.2, 0.25) is 0 Å². The van der Waals surface area contributed by atoms with Crippen molar-refractivity contribution in [1.29, 1.82) is 5.41 Å². The second-order valence-electron chi connectivity index (χ2n) is 4.86. The van der Waals surface area contributed by atoms with Crippen molar-refractivity contribution in [2.75, 3.05) is 7.11 Å². The molecular weight excluding hydrogens is 250 g/mol. The predicted octanol–water partition coefficient (Wildman–Crippen LogP) is 3.65. The first-order valence-corrected chi connectivity index (χ1v) is 6.62. The summed E-state index contributed by atoms with van der Waals surface area (Å²) in [6, 6.07) is 15.3. The van der Waals surface area contributed by atoms with Gasteiger partial charge in [-0.15, -0.1) is 0 Å². The Balaban J connectivity index is 2.19. The molecule has 2 N–H and O–H groups in total. The van der Waals surface area contributed by atoms with Crippen molar-refractivity contribution in [3.8, 4) is 11.5 Å². The number of phenols is 1. The summed E-state index contributed by atoms with van der Waals surface area (Å²) in [4.78, 5) is 0. The van der Waals surface area contributed by atoms with Crippen molar-refractivity contribution in [3.63, 3.8) is 0 Å². The molecule has 0 aliphatic heterocycles. The topological polar surface area (TPSA) is 53.3 Å². The number of phenolic OH excluding ortho intramolecular Hbond substituents is 1. The summed E-state index contributed by atoms with van der Waals surface area (Å²) >= 11 is 0. The highest BCUT2D eigenvalue weighted by Gasteiger charge is 2.17. The van der Waals surface area contributed by atoms with E-state index in [0.29, 0.717) is 17.0 Å². The van der Waals surface area contributed by atoms with E-state index in [4.69, 9.17) is 10.1 Å². The van der Waals surface area contributed by atoms with Gasteiger partial charge in [0, 0.05) is 17.2 Å². The Morgan fingerprint density at radius 1 is 1.15 bits per heavy atom. The van der Waals surface area contributed by atoms with Crippen molar-refractivity contribution >= 4 is 5.71 Å². The van der Waals surface area contributed by atoms with Gasteiger partial charge < -0.3 is 15.3 Å². The molecule has 2 aromatic carbocycles. The Bertz CT molecular complexity index is 593. The summed E-state index contributed by atoms with van der Waals surface area (Å²) in [5, 5.41) is 18.4. The van der Waals surface area contributed by atoms with Crippen LogP contribution in [0.3, 0.4) is 0 Å². The lowest BCUT2D eigenvalue weighted by Gasteiger charge is -2.15. The lowest BCUT2D eigenvalue weighted by molar-refractivity contribution is 0.373. The number of hydrogen-bond acceptors (Lipinski definition) is 3. The molecule has 3 heteroatoms. The average molecular weight is 269 g/mol. The van der Waals surface area contributed by atoms with Gasteiger partial charge in [-0.1, -0.05) is 43.3 Å². The lowest BCUT2D eigenvalue weighted by Crippen LogP contribution is -2.14. The van der Waals surface area contributed by atoms with Crippen LogP contribution in [0.4, 0.5) is 0 Å². The zero-order valence-corrected chi connectivity index (χ0v) is 11.8. The summed E-state index contributed by atoms with van der Waals surface area (Å²) in [6.07, 6.45) is 0.774. The smallest absolute Gasteiger partial charge is 0.166 e. The van der Waals surface area contributed by atoms with Crippen LogP contribution >= 0.6 is 0 Å². The van der Waals surface area contributed by atoms with Gasteiger partial charge in [-0.3, -0.25) is 0 Å². The minimum atomic E-state index is 0.0235. The van der Waals surface area contributed by atoms with Crippen LogP contribution < -0.4 is 4.74 Å². The van der Waals surface area contributed by atoms with Gasteiger partial charge in [0.05, 0.1) is 7.11 Å². The molecule has 0 spiro atoms. The van der Waals surface area contributed by atoms with E-state index >= 15 is 0 Å². The van der Waals surface area contributed by atoms with E-state index in [9.17, 15) is 5.11 Å². The molecule has 104 valence electrons. The van der Waals surface area contributed by atoms with Gasteiger partial charge in [-0.2, -0.15) is 0 Å². The molecule has 0 bridgehead atoms. The Labute approximate surface area is 119 Å². The SMILES string of the molecule is COc1cccc(C(=N)C(C)Cc2ccccc2)c1O. The van der Waals surface area contributed by atoms with Crippen LogP contribution in [0.15, 0.2) is 48.5 Å². The number of nitrogens with one attached hydrogen (secondary N) is 1. The number of benzene rings is 2. The number of ether oxygens (including phenoxy) is 1. The molecule has 1 atom stereocenters. The first-order chi connectivity index (χ1) is 9.63. The second-order valence-corrected chi connectivity index (χ2v) is 4.86. The van der Waals surface area contributed by atoms with Crippen LogP contribution in [0.2, 0.25) is 0 Å². The summed E-state index contributed by atoms with van der Waals surface area (Å²) in [6.45, 7) is 1.99. The standard InChI is InChI=1S/C17H19NO2/c1-12(11-13-7-4-3-5-8-13)16(18)14-9-6-10-15(20-2)17(14)19/h3-10,12,18-19H,11H2,1-2H3. The van der Waals surface area contributed by atoms with Gasteiger partial charge >= 0.3 is 0 Å². The molecule has 0 aliphatic carbocycles. The Kier molecular flexibility index (Phi) is 4.41. The van der Waals surface area contributed by atoms with Crippen LogP contribution in [0.5, 0.6) is 11.5 Å². The molecule has 20 heavy (non-hydrogen) atoms. The molecule has 2 rings (SSSR count). The number of rotatable bonds is 5. The van der Waals surface area contributed by atoms with Crippen LogP contribution in [-0.4, -0.2) is 17.9 Å². The highest BCUT2D eigenvalue weighted by atomic mass is 16.5. The normalized spacial score (nSPS) is 11.9. The molecule has 3 nitrogen and oxygen atoms in total. The van der Waals surface area contributed by atoms with Crippen LogP contribution in [0, 0.1) is 11.3 Å². The molecule has 0 aliphatic rings. The quantitative estimate of drug-likeness (QED) is 0.814.